The molecule has 0 radical (unpaired) electrons. The number of hydrogen-bond acceptors (Lipinski definition) is 28. The number of halogens is 3. The Morgan fingerprint density at radius 1 is 0.371 bits per heavy atom. The van der Waals surface area contributed by atoms with Crippen LogP contribution in [0.5, 0.6) is 0 Å². The van der Waals surface area contributed by atoms with E-state index in [0.29, 0.717) is 148 Å². The number of carbonyl (C=O) groups excluding carboxylic acids is 4. The van der Waals surface area contributed by atoms with Gasteiger partial charge in [0.2, 0.25) is 33.7 Å². The first kappa shape index (κ1) is 123. The van der Waals surface area contributed by atoms with Gasteiger partial charge in [-0.1, -0.05) is 0 Å². The lowest BCUT2D eigenvalue weighted by molar-refractivity contribution is -0.157. The first-order valence-corrected chi connectivity index (χ1v) is 51.5. The Morgan fingerprint density at radius 2 is 0.720 bits per heavy atom. The first-order chi connectivity index (χ1) is 61.0. The Labute approximate surface area is 794 Å². The molecule has 0 aliphatic carbocycles. The zero-order valence-electron chi connectivity index (χ0n) is 86.5. The predicted molar refractivity (Wildman–Crippen MR) is 513 cm³/mol. The van der Waals surface area contributed by atoms with Gasteiger partial charge in [0, 0.05) is 183 Å². The highest BCUT2D eigenvalue weighted by Gasteiger charge is 2.51. The number of alkyl halides is 3. The third-order valence-electron chi connectivity index (χ3n) is 21.9. The van der Waals surface area contributed by atoms with E-state index in [0.717, 1.165) is 90.8 Å². The van der Waals surface area contributed by atoms with Gasteiger partial charge in [0.05, 0.1) is 141 Å². The highest BCUT2D eigenvalue weighted by atomic mass is 32.2. The number of hydrogen-bond donors (Lipinski definition) is 8. The summed E-state index contributed by atoms with van der Waals surface area (Å²) in [5.41, 5.74) is -4.53. The summed E-state index contributed by atoms with van der Waals surface area (Å²) in [7, 11) is -5.29. The molecular formula is C93H185F3N14O20S2. The molecule has 0 spiro atoms. The Bertz CT molecular complexity index is 3290. The number of morpholine rings is 6. The molecule has 10 aliphatic heterocycles. The molecule has 0 aromatic rings. The number of ether oxygens (including phenoxy) is 12. The number of carbonyl (C=O) groups is 4. The fourth-order valence-corrected chi connectivity index (χ4v) is 16.7. The smallest absolute Gasteiger partial charge is 0.381 e. The molecule has 3 unspecified atom stereocenters. The van der Waals surface area contributed by atoms with Crippen LogP contribution in [0.15, 0.2) is 0 Å². The second kappa shape index (κ2) is 59.4. The fourth-order valence-electron chi connectivity index (χ4n) is 14.6. The topological polar surface area (TPSA) is 363 Å². The average Bonchev–Trinajstić information content (AvgIpc) is 0.790. The van der Waals surface area contributed by atoms with Gasteiger partial charge in [-0.05, 0) is 237 Å². The van der Waals surface area contributed by atoms with E-state index in [1.54, 1.807) is 14.2 Å². The van der Waals surface area contributed by atoms with Crippen LogP contribution in [0, 0.1) is 17.8 Å². The SMILES string of the molecule is CC(C)(C)NC1CCCOC1.CC(C)(C)NCC1COCCN1S(C)(=O)=O.CC(C)(C)NC[C@@H]1CCCOC1.CC(C)(C)NC[C@@H]1CN(C(=O)C2COC2)CCO1.CC(C)(C)NC[C@H]1CN(C(=O)C2COC2)CCO1.CC(C)(C)NC[C@H]1CN(S(=O)(=O)C(F)(F)F)CCO1.COCC(=O)N1CCOC(CCCNC(C)(C)C)C1.COCC(=O)N1CCO[C@@H](CCCNC(C)(C)C)C1. The quantitative estimate of drug-likeness (QED) is 0.0389. The van der Waals surface area contributed by atoms with E-state index in [4.69, 9.17) is 56.8 Å². The summed E-state index contributed by atoms with van der Waals surface area (Å²) >= 11 is 0. The van der Waals surface area contributed by atoms with E-state index in [1.165, 1.54) is 36.2 Å². The molecule has 10 rings (SSSR count). The van der Waals surface area contributed by atoms with Crippen LogP contribution in [0.4, 0.5) is 13.2 Å². The molecule has 0 aromatic heterocycles. The zero-order chi connectivity index (χ0) is 99.6. The number of amides is 4. The lowest BCUT2D eigenvalue weighted by Crippen LogP contribution is -2.54. The zero-order valence-corrected chi connectivity index (χ0v) is 88.1. The largest absolute Gasteiger partial charge is 0.511 e. The van der Waals surface area contributed by atoms with E-state index in [9.17, 15) is 49.2 Å². The van der Waals surface area contributed by atoms with Crippen LogP contribution in [-0.2, 0) is 96.1 Å². The van der Waals surface area contributed by atoms with Gasteiger partial charge >= 0.3 is 15.5 Å². The van der Waals surface area contributed by atoms with Crippen LogP contribution in [0.2, 0.25) is 0 Å². The Morgan fingerprint density at radius 3 is 1.06 bits per heavy atom. The van der Waals surface area contributed by atoms with Gasteiger partial charge in [0.15, 0.2) is 0 Å². The molecule has 10 heterocycles. The molecule has 34 nitrogen and oxygen atoms in total. The molecule has 39 heteroatoms. The Balaban J connectivity index is 0.000000391. The van der Waals surface area contributed by atoms with Gasteiger partial charge in [-0.25, -0.2) is 16.8 Å². The monoisotopic (exact) mass is 1940 g/mol. The Hall–Kier alpha value is -3.31. The van der Waals surface area contributed by atoms with E-state index < -0.39 is 31.7 Å². The van der Waals surface area contributed by atoms with Crippen LogP contribution in [0.1, 0.15) is 218 Å². The van der Waals surface area contributed by atoms with Crippen LogP contribution >= 0.6 is 0 Å². The van der Waals surface area contributed by atoms with Crippen molar-refractivity contribution in [3.05, 3.63) is 0 Å². The molecule has 4 amide bonds. The van der Waals surface area contributed by atoms with Crippen molar-refractivity contribution >= 4 is 43.7 Å². The molecular weight excluding hydrogens is 1750 g/mol. The summed E-state index contributed by atoms with van der Waals surface area (Å²) in [5.74, 6) is 1.47. The number of rotatable bonds is 27. The van der Waals surface area contributed by atoms with Gasteiger partial charge in [0.25, 0.3) is 0 Å². The summed E-state index contributed by atoms with van der Waals surface area (Å²) in [5, 5.41) is 27.2. The van der Waals surface area contributed by atoms with Gasteiger partial charge in [-0.2, -0.15) is 21.8 Å². The normalized spacial score (nSPS) is 24.0. The van der Waals surface area contributed by atoms with Crippen molar-refractivity contribution in [1.82, 2.24) is 70.7 Å². The molecule has 132 heavy (non-hydrogen) atoms. The molecule has 8 N–H and O–H groups in total. The molecule has 0 aromatic carbocycles. The average molecular weight is 1940 g/mol. The molecule has 10 aliphatic rings. The summed E-state index contributed by atoms with van der Waals surface area (Å²) in [6.45, 7) is 71.7. The molecule has 0 saturated carbocycles. The summed E-state index contributed by atoms with van der Waals surface area (Å²) < 4.78 is 149. The van der Waals surface area contributed by atoms with E-state index >= 15 is 0 Å². The molecule has 10 fully saturated rings. The van der Waals surface area contributed by atoms with Crippen LogP contribution in [0.25, 0.3) is 0 Å². The first-order valence-electron chi connectivity index (χ1n) is 48.2. The lowest BCUT2D eigenvalue weighted by atomic mass is 10.0. The maximum atomic E-state index is 12.4. The number of sulfonamides is 2. The Kier molecular flexibility index (Phi) is 55.3. The van der Waals surface area contributed by atoms with Crippen LogP contribution < -0.4 is 42.5 Å². The maximum Gasteiger partial charge on any atom is 0.511 e. The maximum absolute atomic E-state index is 12.4. The second-order valence-electron chi connectivity index (χ2n) is 44.1. The van der Waals surface area contributed by atoms with Crippen molar-refractivity contribution < 1.29 is 106 Å². The highest BCUT2D eigenvalue weighted by molar-refractivity contribution is 7.90. The van der Waals surface area contributed by atoms with Gasteiger partial charge in [-0.15, -0.1) is 0 Å². The van der Waals surface area contributed by atoms with E-state index in [-0.39, 0.29) is 143 Å². The predicted octanol–water partition coefficient (Wildman–Crippen LogP) is 6.87. The number of methoxy groups -OCH3 is 2. The van der Waals surface area contributed by atoms with Crippen molar-refractivity contribution in [2.75, 3.05) is 251 Å². The van der Waals surface area contributed by atoms with E-state index in [2.05, 4.69) is 188 Å². The third kappa shape index (κ3) is 56.8. The van der Waals surface area contributed by atoms with Gasteiger partial charge in [0.1, 0.15) is 13.2 Å². The highest BCUT2D eigenvalue weighted by Crippen LogP contribution is 2.29. The van der Waals surface area contributed by atoms with Crippen LogP contribution in [-0.4, -0.2) is 412 Å². The minimum Gasteiger partial charge on any atom is -0.381 e. The lowest BCUT2D eigenvalue weighted by Gasteiger charge is -2.38. The van der Waals surface area contributed by atoms with Crippen molar-refractivity contribution in [1.29, 1.82) is 0 Å². The summed E-state index contributed by atoms with van der Waals surface area (Å²) in [4.78, 5) is 55.2. The minimum atomic E-state index is -5.26. The fraction of sp³-hybridized carbons (Fsp3) is 0.957. The standard InChI is InChI=1S/2C14H28N2O3.2C13H24N2O3.C10H19F3N2O3S.C10H22N2O3S.C10H21NO.C9H19NO/c2*1-14(2,3)15-7-5-6-12-10-16(8-9-19-12)13(17)11-18-4;2*1-13(2,3)14-6-11-7-15(4-5-18-11)12(16)10-8-17-9-10;1-9(2,3)14-6-8-7-15(4-5-18-8)19(16,17)10(11,12)13;1-10(2,3)11-7-9-8-15-6-5-12(9)16(4,13)14;1-10(2,3)11-7-9-5-4-6-12-8-9;1-9(2,3)10-8-5-4-6-11-7-8/h2*12,15H,5-11H2,1-4H3;2*10-11,14H,4-9H2,1-3H3;8,14H,4-7H2,1-3H3;9,11H,5-8H2,1-4H3;9,11H,4-8H2,1-3H3;8,10H,4-7H2,1-3H3/t12-;;2*11-;8-;;9-;/m0.100.0./s1. The summed E-state index contributed by atoms with van der Waals surface area (Å²) in [6, 6.07) is 0.478. The molecule has 780 valence electrons. The van der Waals surface area contributed by atoms with E-state index in [1.807, 2.05) is 40.4 Å². The summed E-state index contributed by atoms with van der Waals surface area (Å²) in [6.07, 6.45) is 10.3. The van der Waals surface area contributed by atoms with Crippen LogP contribution in [0.3, 0.4) is 0 Å². The van der Waals surface area contributed by atoms with Crippen molar-refractivity contribution in [2.45, 2.75) is 310 Å². The van der Waals surface area contributed by atoms with Crippen molar-refractivity contribution in [3.8, 4) is 0 Å². The number of nitrogens with one attached hydrogen (secondary N) is 8. The second-order valence-corrected chi connectivity index (χ2v) is 48.0. The number of nitrogens with zero attached hydrogens (tertiary/aromatic N) is 6. The molecule has 0 bridgehead atoms. The third-order valence-corrected chi connectivity index (χ3v) is 24.8. The van der Waals surface area contributed by atoms with Crippen molar-refractivity contribution in [2.24, 2.45) is 17.8 Å². The van der Waals surface area contributed by atoms with Gasteiger partial charge < -0.3 is 119 Å². The molecule has 10 saturated heterocycles. The minimum absolute atomic E-state index is 0.0133. The van der Waals surface area contributed by atoms with Crippen molar-refractivity contribution in [3.63, 3.8) is 0 Å². The van der Waals surface area contributed by atoms with Gasteiger partial charge in [-0.3, -0.25) is 19.2 Å². The molecule has 8 atom stereocenters.